The lowest BCUT2D eigenvalue weighted by molar-refractivity contribution is -0.132. The van der Waals surface area contributed by atoms with Crippen LogP contribution < -0.4 is 15.4 Å². The molecule has 2 heterocycles. The number of carboxylic acid groups (broad SMARTS) is 1. The number of aromatic carboxylic acids is 1. The first-order valence-electron chi connectivity index (χ1n) is 7.38. The molecule has 7 heteroatoms. The average molecular weight is 327 g/mol. The molecule has 0 atom stereocenters. The molecule has 2 aromatic rings. The van der Waals surface area contributed by atoms with Gasteiger partial charge < -0.3 is 15.6 Å². The summed E-state index contributed by atoms with van der Waals surface area (Å²) >= 11 is 0. The largest absolute Gasteiger partial charge is 0.478 e. The molecule has 0 saturated heterocycles. The van der Waals surface area contributed by atoms with E-state index in [-0.39, 0.29) is 23.8 Å². The highest BCUT2D eigenvalue weighted by molar-refractivity contribution is 6.01. The predicted molar refractivity (Wildman–Crippen MR) is 87.9 cm³/mol. The number of hydrogen-bond donors (Lipinski definition) is 2. The van der Waals surface area contributed by atoms with E-state index in [0.29, 0.717) is 17.1 Å². The van der Waals surface area contributed by atoms with Crippen LogP contribution in [0.3, 0.4) is 0 Å². The Hall–Kier alpha value is -3.09. The van der Waals surface area contributed by atoms with E-state index in [9.17, 15) is 9.59 Å². The number of anilines is 2. The quantitative estimate of drug-likeness (QED) is 0.894. The summed E-state index contributed by atoms with van der Waals surface area (Å²) in [5.74, 6) is -0.223. The van der Waals surface area contributed by atoms with Crippen LogP contribution in [0, 0.1) is 0 Å². The predicted octanol–water partition coefficient (Wildman–Crippen LogP) is 2.07. The number of carbonyl (C=O) groups is 2. The molecule has 1 amide bonds. The molecule has 3 rings (SSSR count). The lowest BCUT2D eigenvalue weighted by Crippen LogP contribution is -2.52. The van der Waals surface area contributed by atoms with E-state index in [0.717, 1.165) is 0 Å². The van der Waals surface area contributed by atoms with Crippen LogP contribution in [0.2, 0.25) is 0 Å². The van der Waals surface area contributed by atoms with Crippen LogP contribution in [0.1, 0.15) is 29.8 Å². The van der Waals surface area contributed by atoms with E-state index in [4.69, 9.17) is 15.6 Å². The first-order valence-corrected chi connectivity index (χ1v) is 7.38. The number of fused-ring (bicyclic) bond motifs is 1. The molecule has 124 valence electrons. The second-order valence-corrected chi connectivity index (χ2v) is 6.07. The number of carboxylic acids is 1. The van der Waals surface area contributed by atoms with Gasteiger partial charge in [0, 0.05) is 0 Å². The number of nitrogen functional groups attached to an aromatic ring is 1. The number of nitrogens with zero attached hydrogens (tertiary/aromatic N) is 2. The van der Waals surface area contributed by atoms with Gasteiger partial charge in [0.1, 0.15) is 5.82 Å². The third kappa shape index (κ3) is 2.76. The summed E-state index contributed by atoms with van der Waals surface area (Å²) in [6.07, 6.45) is 0. The van der Waals surface area contributed by atoms with Gasteiger partial charge in [0.25, 0.3) is 5.91 Å². The molecular formula is C17H17N3O4. The summed E-state index contributed by atoms with van der Waals surface area (Å²) in [5.41, 5.74) is 5.52. The molecule has 1 aliphatic rings. The number of carbonyl (C=O) groups excluding carboxylic acids is 1. The van der Waals surface area contributed by atoms with Gasteiger partial charge in [-0.1, -0.05) is 12.1 Å². The molecule has 1 aromatic heterocycles. The van der Waals surface area contributed by atoms with Crippen molar-refractivity contribution in [3.63, 3.8) is 0 Å². The third-order valence-electron chi connectivity index (χ3n) is 3.76. The second-order valence-electron chi connectivity index (χ2n) is 6.07. The van der Waals surface area contributed by atoms with Gasteiger partial charge in [-0.05, 0) is 43.7 Å². The van der Waals surface area contributed by atoms with Crippen molar-refractivity contribution in [2.45, 2.75) is 26.0 Å². The van der Waals surface area contributed by atoms with Crippen LogP contribution in [0.25, 0.3) is 0 Å². The average Bonchev–Trinajstić information content (AvgIpc) is 2.53. The summed E-state index contributed by atoms with van der Waals surface area (Å²) in [6, 6.07) is 9.71. The van der Waals surface area contributed by atoms with Crippen molar-refractivity contribution in [3.8, 4) is 5.75 Å². The Bertz CT molecular complexity index is 832. The Balaban J connectivity index is 2.03. The van der Waals surface area contributed by atoms with E-state index < -0.39 is 11.6 Å². The molecule has 7 nitrogen and oxygen atoms in total. The summed E-state index contributed by atoms with van der Waals surface area (Å²) < 4.78 is 5.71. The monoisotopic (exact) mass is 327 g/mol. The second kappa shape index (κ2) is 5.52. The Morgan fingerprint density at radius 3 is 2.79 bits per heavy atom. The van der Waals surface area contributed by atoms with Crippen LogP contribution in [0.15, 0.2) is 36.4 Å². The van der Waals surface area contributed by atoms with Crippen molar-refractivity contribution in [2.24, 2.45) is 0 Å². The molecule has 24 heavy (non-hydrogen) atoms. The molecule has 0 radical (unpaired) electrons. The topological polar surface area (TPSA) is 106 Å². The van der Waals surface area contributed by atoms with Crippen molar-refractivity contribution in [2.75, 3.05) is 10.6 Å². The van der Waals surface area contributed by atoms with Gasteiger partial charge >= 0.3 is 5.97 Å². The molecule has 0 spiro atoms. The zero-order valence-electron chi connectivity index (χ0n) is 13.3. The Morgan fingerprint density at radius 1 is 1.33 bits per heavy atom. The van der Waals surface area contributed by atoms with Gasteiger partial charge in [-0.3, -0.25) is 9.69 Å². The fourth-order valence-corrected chi connectivity index (χ4v) is 2.60. The molecule has 0 aliphatic carbocycles. The van der Waals surface area contributed by atoms with Gasteiger partial charge in [0.05, 0.1) is 12.1 Å². The highest BCUT2D eigenvalue weighted by Crippen LogP contribution is 2.37. The highest BCUT2D eigenvalue weighted by Gasteiger charge is 2.41. The van der Waals surface area contributed by atoms with Crippen LogP contribution in [-0.2, 0) is 11.3 Å². The zero-order valence-corrected chi connectivity index (χ0v) is 13.3. The van der Waals surface area contributed by atoms with Crippen molar-refractivity contribution in [1.82, 2.24) is 4.98 Å². The van der Waals surface area contributed by atoms with Crippen molar-refractivity contribution in [3.05, 3.63) is 47.5 Å². The van der Waals surface area contributed by atoms with Crippen molar-refractivity contribution < 1.29 is 19.4 Å². The van der Waals surface area contributed by atoms with Gasteiger partial charge in [0.15, 0.2) is 17.2 Å². The Labute approximate surface area is 138 Å². The SMILES string of the molecule is CC1(C)Oc2ccc(N)nc2N(Cc2cccc(C(=O)O)c2)C1=O. The summed E-state index contributed by atoms with van der Waals surface area (Å²) in [7, 11) is 0. The van der Waals surface area contributed by atoms with Crippen molar-refractivity contribution in [1.29, 1.82) is 0 Å². The number of ether oxygens (including phenoxy) is 1. The van der Waals surface area contributed by atoms with E-state index in [1.54, 1.807) is 38.1 Å². The van der Waals surface area contributed by atoms with Crippen LogP contribution in [0.5, 0.6) is 5.75 Å². The van der Waals surface area contributed by atoms with E-state index >= 15 is 0 Å². The summed E-state index contributed by atoms with van der Waals surface area (Å²) in [6.45, 7) is 3.53. The maximum Gasteiger partial charge on any atom is 0.335 e. The maximum absolute atomic E-state index is 12.7. The van der Waals surface area contributed by atoms with Gasteiger partial charge in [-0.2, -0.15) is 0 Å². The highest BCUT2D eigenvalue weighted by atomic mass is 16.5. The summed E-state index contributed by atoms with van der Waals surface area (Å²) in [4.78, 5) is 29.5. The fraction of sp³-hybridized carbons (Fsp3) is 0.235. The third-order valence-corrected chi connectivity index (χ3v) is 3.76. The number of nitrogens with two attached hydrogens (primary N) is 1. The lowest BCUT2D eigenvalue weighted by Gasteiger charge is -2.38. The van der Waals surface area contributed by atoms with Gasteiger partial charge in [-0.15, -0.1) is 0 Å². The van der Waals surface area contributed by atoms with Crippen LogP contribution in [-0.4, -0.2) is 27.6 Å². The Morgan fingerprint density at radius 2 is 2.08 bits per heavy atom. The Kier molecular flexibility index (Phi) is 3.63. The summed E-state index contributed by atoms with van der Waals surface area (Å²) in [5, 5.41) is 9.11. The number of aromatic nitrogens is 1. The number of hydrogen-bond acceptors (Lipinski definition) is 5. The minimum atomic E-state index is -1.05. The van der Waals surface area contributed by atoms with Crippen LogP contribution in [0.4, 0.5) is 11.6 Å². The molecule has 3 N–H and O–H groups in total. The van der Waals surface area contributed by atoms with E-state index in [2.05, 4.69) is 4.98 Å². The standard InChI is InChI=1S/C17H17N3O4/c1-17(2)16(23)20(14-12(24-17)6-7-13(18)19-14)9-10-4-3-5-11(8-10)15(21)22/h3-8H,9H2,1-2H3,(H2,18,19)(H,21,22). The molecule has 1 aromatic carbocycles. The molecule has 1 aliphatic heterocycles. The number of rotatable bonds is 3. The normalized spacial score (nSPS) is 15.6. The molecular weight excluding hydrogens is 310 g/mol. The minimum Gasteiger partial charge on any atom is -0.478 e. The van der Waals surface area contributed by atoms with Gasteiger partial charge in [0.2, 0.25) is 0 Å². The first-order chi connectivity index (χ1) is 11.3. The maximum atomic E-state index is 12.7. The van der Waals surface area contributed by atoms with Crippen molar-refractivity contribution >= 4 is 23.5 Å². The number of pyridine rings is 1. The molecule has 0 saturated carbocycles. The van der Waals surface area contributed by atoms with Gasteiger partial charge in [-0.25, -0.2) is 9.78 Å². The zero-order chi connectivity index (χ0) is 17.5. The minimum absolute atomic E-state index is 0.160. The van der Waals surface area contributed by atoms with E-state index in [1.807, 2.05) is 0 Å². The first kappa shape index (κ1) is 15.8. The fourth-order valence-electron chi connectivity index (χ4n) is 2.60. The molecule has 0 bridgehead atoms. The van der Waals surface area contributed by atoms with E-state index in [1.165, 1.54) is 17.0 Å². The molecule has 0 fully saturated rings. The number of benzene rings is 1. The number of amides is 1. The molecule has 0 unspecified atom stereocenters. The smallest absolute Gasteiger partial charge is 0.335 e. The lowest BCUT2D eigenvalue weighted by atomic mass is 10.0. The van der Waals surface area contributed by atoms with Crippen LogP contribution >= 0.6 is 0 Å².